The minimum atomic E-state index is -0.853. The van der Waals surface area contributed by atoms with Crippen molar-refractivity contribution in [3.8, 4) is 0 Å². The summed E-state index contributed by atoms with van der Waals surface area (Å²) in [6.07, 6.45) is 2.31. The van der Waals surface area contributed by atoms with E-state index in [4.69, 9.17) is 4.42 Å². The summed E-state index contributed by atoms with van der Waals surface area (Å²) < 4.78 is 7.13. The monoisotopic (exact) mass is 473 g/mol. The van der Waals surface area contributed by atoms with E-state index in [0.717, 1.165) is 23.1 Å². The third-order valence-corrected chi connectivity index (χ3v) is 6.23. The summed E-state index contributed by atoms with van der Waals surface area (Å²) in [5, 5.41) is 11.5. The fourth-order valence-corrected chi connectivity index (χ4v) is 3.86. The molecule has 4 rings (SSSR count). The molecule has 0 saturated heterocycles. The quantitative estimate of drug-likeness (QED) is 0.389. The number of nitrogens with zero attached hydrogens (tertiary/aromatic N) is 4. The van der Waals surface area contributed by atoms with Gasteiger partial charge in [0.1, 0.15) is 23.9 Å². The minimum Gasteiger partial charge on any atom is -0.467 e. The van der Waals surface area contributed by atoms with Gasteiger partial charge in [0, 0.05) is 5.54 Å². The number of fused-ring (bicyclic) bond motifs is 1. The van der Waals surface area contributed by atoms with Crippen LogP contribution in [-0.2, 0) is 22.7 Å². The van der Waals surface area contributed by atoms with Gasteiger partial charge in [-0.3, -0.25) is 9.59 Å². The second-order valence-corrected chi connectivity index (χ2v) is 9.38. The highest BCUT2D eigenvalue weighted by Gasteiger charge is 2.34. The number of aryl methyl sites for hydroxylation is 1. The number of rotatable bonds is 9. The maximum absolute atomic E-state index is 13.8. The van der Waals surface area contributed by atoms with E-state index < -0.39 is 11.6 Å². The van der Waals surface area contributed by atoms with Crippen LogP contribution in [0.4, 0.5) is 0 Å². The first-order valence-corrected chi connectivity index (χ1v) is 11.8. The van der Waals surface area contributed by atoms with E-state index >= 15 is 0 Å². The van der Waals surface area contributed by atoms with Crippen LogP contribution in [0.25, 0.3) is 11.0 Å². The molecule has 8 heteroatoms. The van der Waals surface area contributed by atoms with E-state index in [9.17, 15) is 9.59 Å². The number of benzene rings is 2. The van der Waals surface area contributed by atoms with Crippen LogP contribution in [0, 0.1) is 6.92 Å². The zero-order chi connectivity index (χ0) is 25.0. The summed E-state index contributed by atoms with van der Waals surface area (Å²) in [4.78, 5) is 29.1. The molecule has 2 aromatic heterocycles. The first-order chi connectivity index (χ1) is 16.8. The van der Waals surface area contributed by atoms with Gasteiger partial charge in [0.05, 0.1) is 18.3 Å². The van der Waals surface area contributed by atoms with Crippen molar-refractivity contribution < 1.29 is 14.0 Å². The van der Waals surface area contributed by atoms with Gasteiger partial charge in [-0.2, -0.15) is 0 Å². The highest BCUT2D eigenvalue weighted by Crippen LogP contribution is 2.26. The molecule has 8 nitrogen and oxygen atoms in total. The molecule has 2 heterocycles. The molecule has 182 valence electrons. The van der Waals surface area contributed by atoms with Gasteiger partial charge in [-0.15, -0.1) is 5.10 Å². The third kappa shape index (κ3) is 5.59. The van der Waals surface area contributed by atoms with Crippen LogP contribution in [-0.4, -0.2) is 37.2 Å². The predicted molar refractivity (Wildman–Crippen MR) is 133 cm³/mol. The molecule has 0 bridgehead atoms. The Morgan fingerprint density at radius 3 is 2.51 bits per heavy atom. The molecule has 35 heavy (non-hydrogen) atoms. The van der Waals surface area contributed by atoms with Crippen molar-refractivity contribution in [1.82, 2.24) is 25.2 Å². The van der Waals surface area contributed by atoms with Crippen LogP contribution < -0.4 is 5.32 Å². The molecule has 0 saturated carbocycles. The SMILES string of the molecule is CCC(C)(C)NC(=O)[C@H](c1ccc(C)cc1)N(Cc1ccco1)C(=O)Cn1nnc2ccccc21. The van der Waals surface area contributed by atoms with Gasteiger partial charge < -0.3 is 14.6 Å². The molecule has 2 amide bonds. The average molecular weight is 474 g/mol. The summed E-state index contributed by atoms with van der Waals surface area (Å²) in [6, 6.07) is 17.9. The fraction of sp³-hybridized carbons (Fsp3) is 0.333. The summed E-state index contributed by atoms with van der Waals surface area (Å²) in [7, 11) is 0. The molecular formula is C27H31N5O3. The smallest absolute Gasteiger partial charge is 0.247 e. The number of hydrogen-bond donors (Lipinski definition) is 1. The van der Waals surface area contributed by atoms with Gasteiger partial charge in [0.15, 0.2) is 0 Å². The Morgan fingerprint density at radius 2 is 1.83 bits per heavy atom. The summed E-state index contributed by atoms with van der Waals surface area (Å²) >= 11 is 0. The number of carbonyl (C=O) groups excluding carboxylic acids is 2. The Morgan fingerprint density at radius 1 is 1.09 bits per heavy atom. The van der Waals surface area contributed by atoms with Gasteiger partial charge in [0.25, 0.3) is 0 Å². The lowest BCUT2D eigenvalue weighted by atomic mass is 9.98. The molecule has 0 aliphatic carbocycles. The number of carbonyl (C=O) groups is 2. The van der Waals surface area contributed by atoms with E-state index in [1.807, 2.05) is 76.2 Å². The number of para-hydroxylation sites is 1. The average Bonchev–Trinajstić information content (AvgIpc) is 3.50. The van der Waals surface area contributed by atoms with Crippen molar-refractivity contribution >= 4 is 22.8 Å². The summed E-state index contributed by atoms with van der Waals surface area (Å²) in [5.41, 5.74) is 2.82. The third-order valence-electron chi connectivity index (χ3n) is 6.23. The Labute approximate surface area is 204 Å². The maximum Gasteiger partial charge on any atom is 0.247 e. The molecule has 0 radical (unpaired) electrons. The second kappa shape index (κ2) is 10.1. The van der Waals surface area contributed by atoms with Crippen molar-refractivity contribution in [2.24, 2.45) is 0 Å². The summed E-state index contributed by atoms with van der Waals surface area (Å²) in [6.45, 7) is 8.02. The number of amides is 2. The first kappa shape index (κ1) is 24.2. The molecule has 0 fully saturated rings. The van der Waals surface area contributed by atoms with Crippen LogP contribution in [0.5, 0.6) is 0 Å². The van der Waals surface area contributed by atoms with Gasteiger partial charge in [-0.05, 0) is 57.0 Å². The minimum absolute atomic E-state index is 0.0615. The highest BCUT2D eigenvalue weighted by atomic mass is 16.3. The molecule has 1 atom stereocenters. The number of nitrogens with one attached hydrogen (secondary N) is 1. The second-order valence-electron chi connectivity index (χ2n) is 9.38. The number of aromatic nitrogens is 3. The molecular weight excluding hydrogens is 442 g/mol. The maximum atomic E-state index is 13.8. The topological polar surface area (TPSA) is 93.3 Å². The fourth-order valence-electron chi connectivity index (χ4n) is 3.86. The Balaban J connectivity index is 1.74. The number of furan rings is 1. The lowest BCUT2D eigenvalue weighted by molar-refractivity contribution is -0.143. The Hall–Kier alpha value is -3.94. The molecule has 1 N–H and O–H groups in total. The number of hydrogen-bond acceptors (Lipinski definition) is 5. The van der Waals surface area contributed by atoms with Gasteiger partial charge in [0.2, 0.25) is 11.8 Å². The van der Waals surface area contributed by atoms with Crippen molar-refractivity contribution in [3.63, 3.8) is 0 Å². The van der Waals surface area contributed by atoms with Crippen LogP contribution in [0.1, 0.15) is 50.1 Å². The largest absolute Gasteiger partial charge is 0.467 e. The van der Waals surface area contributed by atoms with Crippen molar-refractivity contribution in [3.05, 3.63) is 83.8 Å². The van der Waals surface area contributed by atoms with E-state index in [-0.39, 0.29) is 24.9 Å². The van der Waals surface area contributed by atoms with E-state index in [0.29, 0.717) is 11.3 Å². The highest BCUT2D eigenvalue weighted by molar-refractivity contribution is 5.89. The lowest BCUT2D eigenvalue weighted by Crippen LogP contribution is -2.50. The molecule has 0 unspecified atom stereocenters. The zero-order valence-corrected chi connectivity index (χ0v) is 20.6. The van der Waals surface area contributed by atoms with E-state index in [2.05, 4.69) is 15.6 Å². The molecule has 0 aliphatic heterocycles. The lowest BCUT2D eigenvalue weighted by Gasteiger charge is -2.34. The predicted octanol–water partition coefficient (Wildman–Crippen LogP) is 4.41. The molecule has 0 spiro atoms. The van der Waals surface area contributed by atoms with E-state index in [1.165, 1.54) is 0 Å². The van der Waals surface area contributed by atoms with Crippen molar-refractivity contribution in [2.75, 3.05) is 0 Å². The zero-order valence-electron chi connectivity index (χ0n) is 20.6. The summed E-state index contributed by atoms with van der Waals surface area (Å²) in [5.74, 6) is 0.0672. The Kier molecular flexibility index (Phi) is 7.00. The van der Waals surface area contributed by atoms with Gasteiger partial charge in [-0.25, -0.2) is 4.68 Å². The van der Waals surface area contributed by atoms with Gasteiger partial charge >= 0.3 is 0 Å². The molecule has 2 aromatic carbocycles. The normalized spacial score (nSPS) is 12.5. The standard InChI is InChI=1S/C27H31N5O3/c1-5-27(3,4)28-26(34)25(20-14-12-19(2)13-15-20)31(17-21-9-8-16-35-21)24(33)18-32-23-11-7-6-10-22(23)29-30-32/h6-16,25H,5,17-18H2,1-4H3,(H,28,34)/t25-/m0/s1. The molecule has 0 aliphatic rings. The van der Waals surface area contributed by atoms with E-state index in [1.54, 1.807) is 28.0 Å². The van der Waals surface area contributed by atoms with Crippen LogP contribution >= 0.6 is 0 Å². The van der Waals surface area contributed by atoms with Crippen molar-refractivity contribution in [2.45, 2.75) is 58.8 Å². The first-order valence-electron chi connectivity index (χ1n) is 11.8. The van der Waals surface area contributed by atoms with Crippen LogP contribution in [0.3, 0.4) is 0 Å². The molecule has 4 aromatic rings. The Bertz CT molecular complexity index is 1290. The van der Waals surface area contributed by atoms with Crippen LogP contribution in [0.15, 0.2) is 71.3 Å². The van der Waals surface area contributed by atoms with Gasteiger partial charge in [-0.1, -0.05) is 54.1 Å². The van der Waals surface area contributed by atoms with Crippen molar-refractivity contribution in [1.29, 1.82) is 0 Å². The van der Waals surface area contributed by atoms with Crippen LogP contribution in [0.2, 0.25) is 0 Å².